The summed E-state index contributed by atoms with van der Waals surface area (Å²) in [5.74, 6) is 0. The first-order chi connectivity index (χ1) is 24.4. The van der Waals surface area contributed by atoms with Crippen molar-refractivity contribution in [2.24, 2.45) is 0 Å². The third-order valence-corrected chi connectivity index (χ3v) is 11.8. The second-order valence-electron chi connectivity index (χ2n) is 9.42. The second-order valence-corrected chi connectivity index (χ2v) is 14.4. The SMILES string of the molecule is O=[N+]([O-])O.O=[N+]([O-])O.[C-]#[O+].[C-]#[O+].[Ru].c1ccc([PH+](c2ccccc2)c2ccccc2)cc1.c1ccc([PH+](c2ccccc2)c2ccccc2)cc1. The number of benzene rings is 6. The number of rotatable bonds is 6. The molecule has 0 unspecified atom stereocenters. The fraction of sp³-hybridized carbons (Fsp3) is 0. The van der Waals surface area contributed by atoms with Gasteiger partial charge in [-0.2, -0.15) is 0 Å². The Bertz CT molecular complexity index is 1480. The van der Waals surface area contributed by atoms with E-state index in [4.69, 9.17) is 39.9 Å². The van der Waals surface area contributed by atoms with Crippen molar-refractivity contribution in [2.75, 3.05) is 0 Å². The zero-order chi connectivity index (χ0) is 37.0. The van der Waals surface area contributed by atoms with Crippen LogP contribution in [-0.4, -0.2) is 20.6 Å². The molecule has 6 aromatic carbocycles. The minimum Gasteiger partial charge on any atom is -0.0620 e. The summed E-state index contributed by atoms with van der Waals surface area (Å²) in [4.78, 5) is 16.7. The van der Waals surface area contributed by atoms with Gasteiger partial charge in [-0.15, -0.1) is 20.2 Å². The van der Waals surface area contributed by atoms with E-state index in [-0.39, 0.29) is 19.5 Å². The minimum atomic E-state index is -1.50. The van der Waals surface area contributed by atoms with Crippen molar-refractivity contribution in [3.8, 4) is 0 Å². The van der Waals surface area contributed by atoms with Gasteiger partial charge in [0.25, 0.3) is 10.2 Å². The zero-order valence-electron chi connectivity index (χ0n) is 26.9. The first kappa shape index (κ1) is 45.7. The molecule has 0 aromatic heterocycles. The maximum absolute atomic E-state index is 8.36. The van der Waals surface area contributed by atoms with E-state index in [0.29, 0.717) is 0 Å². The predicted molar refractivity (Wildman–Crippen MR) is 199 cm³/mol. The summed E-state index contributed by atoms with van der Waals surface area (Å²) >= 11 is 0. The van der Waals surface area contributed by atoms with E-state index in [1.807, 2.05) is 0 Å². The van der Waals surface area contributed by atoms with Crippen LogP contribution in [0.15, 0.2) is 182 Å². The first-order valence-corrected chi connectivity index (χ1v) is 17.5. The third-order valence-electron chi connectivity index (χ3n) is 6.37. The Morgan fingerprint density at radius 3 is 0.569 bits per heavy atom. The Labute approximate surface area is 311 Å². The van der Waals surface area contributed by atoms with Crippen molar-refractivity contribution in [3.63, 3.8) is 0 Å². The summed E-state index contributed by atoms with van der Waals surface area (Å²) in [6.45, 7) is 9.00. The van der Waals surface area contributed by atoms with E-state index in [1.165, 1.54) is 31.8 Å². The Morgan fingerprint density at radius 1 is 0.373 bits per heavy atom. The third kappa shape index (κ3) is 18.3. The van der Waals surface area contributed by atoms with Crippen LogP contribution in [-0.2, 0) is 28.8 Å². The fourth-order valence-electron chi connectivity index (χ4n) is 4.63. The zero-order valence-corrected chi connectivity index (χ0v) is 30.7. The van der Waals surface area contributed by atoms with Gasteiger partial charge in [-0.25, -0.2) is 0 Å². The number of hydrogen-bond acceptors (Lipinski definition) is 4. The number of nitrogens with zero attached hydrogens (tertiary/aromatic N) is 2. The Kier molecular flexibility index (Phi) is 25.5. The number of hydrogen-bond donors (Lipinski definition) is 2. The van der Waals surface area contributed by atoms with Gasteiger partial charge in [0.2, 0.25) is 0 Å². The van der Waals surface area contributed by atoms with Crippen LogP contribution in [0.2, 0.25) is 0 Å². The van der Waals surface area contributed by atoms with E-state index in [9.17, 15) is 0 Å². The molecule has 0 saturated heterocycles. The van der Waals surface area contributed by atoms with Gasteiger partial charge in [0, 0.05) is 19.5 Å². The molecule has 0 aliphatic rings. The van der Waals surface area contributed by atoms with Crippen LogP contribution < -0.4 is 31.8 Å². The second kappa shape index (κ2) is 28.5. The fourth-order valence-corrected chi connectivity index (χ4v) is 9.78. The van der Waals surface area contributed by atoms with E-state index < -0.39 is 26.0 Å². The predicted octanol–water partition coefficient (Wildman–Crippen LogP) is 5.58. The molecule has 0 heterocycles. The molecule has 0 amide bonds. The quantitative estimate of drug-likeness (QED) is 0.0557. The first-order valence-electron chi connectivity index (χ1n) is 14.5. The van der Waals surface area contributed by atoms with Gasteiger partial charge < -0.3 is 10.4 Å². The maximum Gasteiger partial charge on any atom is 0.102 e. The molecule has 0 bridgehead atoms. The van der Waals surface area contributed by atoms with Gasteiger partial charge in [0.1, 0.15) is 31.8 Å². The Morgan fingerprint density at radius 2 is 0.471 bits per heavy atom. The van der Waals surface area contributed by atoms with Crippen molar-refractivity contribution >= 4 is 47.7 Å². The van der Waals surface area contributed by atoms with Gasteiger partial charge in [-0.05, 0) is 72.8 Å². The van der Waals surface area contributed by atoms with Crippen molar-refractivity contribution in [1.29, 1.82) is 0 Å². The molecule has 51 heavy (non-hydrogen) atoms. The maximum atomic E-state index is 8.36. The summed E-state index contributed by atoms with van der Waals surface area (Å²) in [6.07, 6.45) is 0. The summed E-state index contributed by atoms with van der Waals surface area (Å²) in [7, 11) is -1.75. The van der Waals surface area contributed by atoms with Gasteiger partial charge >= 0.3 is 22.6 Å². The summed E-state index contributed by atoms with van der Waals surface area (Å²) < 4.78 is 15.0. The van der Waals surface area contributed by atoms with Crippen LogP contribution in [0.4, 0.5) is 0 Å². The average molecular weight is 810 g/mol. The monoisotopic (exact) mass is 810 g/mol. The van der Waals surface area contributed by atoms with Crippen molar-refractivity contribution in [1.82, 2.24) is 0 Å². The van der Waals surface area contributed by atoms with Crippen LogP contribution >= 0.6 is 15.8 Å². The molecule has 0 spiro atoms. The Balaban J connectivity index is 0.000000740. The molecule has 0 saturated carbocycles. The van der Waals surface area contributed by atoms with E-state index in [2.05, 4.69) is 195 Å². The van der Waals surface area contributed by atoms with E-state index >= 15 is 0 Å². The van der Waals surface area contributed by atoms with Crippen molar-refractivity contribution in [3.05, 3.63) is 216 Å². The molecule has 6 rings (SSSR count). The minimum absolute atomic E-state index is 0. The van der Waals surface area contributed by atoms with E-state index in [0.717, 1.165) is 0 Å². The van der Waals surface area contributed by atoms with Crippen molar-refractivity contribution < 1.29 is 49.4 Å². The molecule has 10 nitrogen and oxygen atoms in total. The molecule has 260 valence electrons. The molecule has 0 aliphatic carbocycles. The molecule has 13 heteroatoms. The largest absolute Gasteiger partial charge is 0.102 e. The van der Waals surface area contributed by atoms with Crippen molar-refractivity contribution in [2.45, 2.75) is 0 Å². The molecular formula is C38H34N2O8P2Ru+2. The van der Waals surface area contributed by atoms with Crippen LogP contribution in [0.1, 0.15) is 0 Å². The van der Waals surface area contributed by atoms with Gasteiger partial charge in [0.05, 0.1) is 15.8 Å². The van der Waals surface area contributed by atoms with Crippen LogP contribution in [0, 0.1) is 33.5 Å². The Hall–Kier alpha value is -5.32. The molecular weight excluding hydrogens is 775 g/mol. The van der Waals surface area contributed by atoms with Gasteiger partial charge in [-0.3, -0.25) is 0 Å². The summed E-state index contributed by atoms with van der Waals surface area (Å²) in [5.41, 5.74) is 0. The molecule has 6 aromatic rings. The topological polar surface area (TPSA) is 167 Å². The average Bonchev–Trinajstić information content (AvgIpc) is 3.16. The smallest absolute Gasteiger partial charge is 0.0620 e. The summed E-state index contributed by atoms with van der Waals surface area (Å²) in [5, 5.41) is 35.9. The van der Waals surface area contributed by atoms with Crippen LogP contribution in [0.5, 0.6) is 0 Å². The standard InChI is InChI=1S/2C18H15P.2CO.2HNO3.Ru/c2*1-4-10-16(11-5-1)19(17-12-6-2-7-13-17)18-14-8-3-9-15-18;2*1-2;2*2-1(3)4;/h2*1-15H;;;2*(H,2,3,4);/p+2. The molecule has 0 radical (unpaired) electrons. The normalized spacial score (nSPS) is 8.90. The van der Waals surface area contributed by atoms with Crippen LogP contribution in [0.25, 0.3) is 0 Å². The molecule has 2 N–H and O–H groups in total. The van der Waals surface area contributed by atoms with Gasteiger partial charge in [0.15, 0.2) is 0 Å². The van der Waals surface area contributed by atoms with Crippen LogP contribution in [0.3, 0.4) is 0 Å². The molecule has 0 fully saturated rings. The van der Waals surface area contributed by atoms with E-state index in [1.54, 1.807) is 0 Å². The molecule has 0 aliphatic heterocycles. The molecule has 0 atom stereocenters. The summed E-state index contributed by atoms with van der Waals surface area (Å²) in [6, 6.07) is 65.0. The van der Waals surface area contributed by atoms with Gasteiger partial charge in [-0.1, -0.05) is 109 Å².